The van der Waals surface area contributed by atoms with Crippen LogP contribution in [0.25, 0.3) is 0 Å². The molecule has 0 spiro atoms. The molecule has 0 heterocycles. The van der Waals surface area contributed by atoms with Crippen LogP contribution in [0.1, 0.15) is 33.1 Å². The summed E-state index contributed by atoms with van der Waals surface area (Å²) in [7, 11) is 0. The Labute approximate surface area is 95.6 Å². The highest BCUT2D eigenvalue weighted by Crippen LogP contribution is 2.29. The molecule has 0 aliphatic heterocycles. The number of carbonyl (C=O) groups is 2. The maximum absolute atomic E-state index is 11.3. The number of hydrogen-bond donors (Lipinski definition) is 3. The molecule has 16 heavy (non-hydrogen) atoms. The van der Waals surface area contributed by atoms with Crippen molar-refractivity contribution in [2.24, 2.45) is 11.8 Å². The quantitative estimate of drug-likeness (QED) is 0.676. The lowest BCUT2D eigenvalue weighted by molar-refractivity contribution is -0.138. The Balaban J connectivity index is 2.17. The van der Waals surface area contributed by atoms with E-state index in [0.29, 0.717) is 12.5 Å². The molecule has 92 valence electrons. The molecule has 0 bridgehead atoms. The Bertz CT molecular complexity index is 268. The molecule has 3 atom stereocenters. The largest absolute Gasteiger partial charge is 0.480 e. The van der Waals surface area contributed by atoms with Crippen molar-refractivity contribution in [1.82, 2.24) is 10.6 Å². The van der Waals surface area contributed by atoms with Gasteiger partial charge in [-0.05, 0) is 31.6 Å². The molecule has 3 unspecified atom stereocenters. The van der Waals surface area contributed by atoms with E-state index in [0.717, 1.165) is 18.8 Å². The minimum absolute atomic E-state index is 0.394. The first-order chi connectivity index (χ1) is 7.49. The molecule has 0 aromatic rings. The fraction of sp³-hybridized carbons (Fsp3) is 0.818. The second kappa shape index (κ2) is 5.72. The molecule has 1 aliphatic rings. The summed E-state index contributed by atoms with van der Waals surface area (Å²) in [5, 5.41) is 13.7. The number of carboxylic acids is 1. The lowest BCUT2D eigenvalue weighted by atomic mass is 10.1. The number of carbonyl (C=O) groups excluding carboxylic acids is 1. The van der Waals surface area contributed by atoms with Crippen LogP contribution < -0.4 is 10.6 Å². The third-order valence-corrected chi connectivity index (χ3v) is 3.07. The lowest BCUT2D eigenvalue weighted by Gasteiger charge is -2.13. The van der Waals surface area contributed by atoms with E-state index in [4.69, 9.17) is 5.11 Å². The maximum Gasteiger partial charge on any atom is 0.325 e. The zero-order chi connectivity index (χ0) is 12.1. The van der Waals surface area contributed by atoms with Crippen molar-refractivity contribution in [2.45, 2.75) is 39.2 Å². The molecule has 0 aromatic carbocycles. The summed E-state index contributed by atoms with van der Waals surface area (Å²) in [4.78, 5) is 21.8. The lowest BCUT2D eigenvalue weighted by Crippen LogP contribution is -2.45. The molecular formula is C11H20N2O3. The fourth-order valence-corrected chi connectivity index (χ4v) is 2.06. The molecule has 0 saturated heterocycles. The summed E-state index contributed by atoms with van der Waals surface area (Å²) >= 11 is 0. The topological polar surface area (TPSA) is 78.4 Å². The van der Waals surface area contributed by atoms with Gasteiger partial charge in [0.15, 0.2) is 0 Å². The van der Waals surface area contributed by atoms with Gasteiger partial charge in [0.1, 0.15) is 6.04 Å². The van der Waals surface area contributed by atoms with Gasteiger partial charge in [0, 0.05) is 6.54 Å². The zero-order valence-corrected chi connectivity index (χ0v) is 9.82. The van der Waals surface area contributed by atoms with Gasteiger partial charge in [-0.25, -0.2) is 4.79 Å². The number of hydrogen-bond acceptors (Lipinski definition) is 2. The molecule has 0 radical (unpaired) electrons. The van der Waals surface area contributed by atoms with E-state index in [-0.39, 0.29) is 0 Å². The van der Waals surface area contributed by atoms with Gasteiger partial charge in [0.2, 0.25) is 0 Å². The van der Waals surface area contributed by atoms with Gasteiger partial charge in [-0.2, -0.15) is 0 Å². The zero-order valence-electron chi connectivity index (χ0n) is 9.82. The van der Waals surface area contributed by atoms with Crippen molar-refractivity contribution < 1.29 is 14.7 Å². The summed E-state index contributed by atoms with van der Waals surface area (Å²) < 4.78 is 0. The molecule has 5 nitrogen and oxygen atoms in total. The van der Waals surface area contributed by atoms with Crippen LogP contribution >= 0.6 is 0 Å². The number of urea groups is 1. The summed E-state index contributed by atoms with van der Waals surface area (Å²) in [5.74, 6) is 0.262. The summed E-state index contributed by atoms with van der Waals surface area (Å²) in [6, 6.07) is -1.24. The number of amides is 2. The molecule has 1 saturated carbocycles. The third-order valence-electron chi connectivity index (χ3n) is 3.07. The highest BCUT2D eigenvalue weighted by Gasteiger charge is 2.22. The van der Waals surface area contributed by atoms with Crippen molar-refractivity contribution >= 4 is 12.0 Å². The Morgan fingerprint density at radius 1 is 1.44 bits per heavy atom. The Hall–Kier alpha value is -1.26. The first-order valence-electron chi connectivity index (χ1n) is 5.76. The second-order valence-electron chi connectivity index (χ2n) is 4.70. The van der Waals surface area contributed by atoms with Crippen LogP contribution in [-0.4, -0.2) is 29.7 Å². The maximum atomic E-state index is 11.3. The molecule has 2 amide bonds. The van der Waals surface area contributed by atoms with Crippen LogP contribution in [-0.2, 0) is 4.79 Å². The summed E-state index contributed by atoms with van der Waals surface area (Å²) in [6.45, 7) is 4.30. The summed E-state index contributed by atoms with van der Waals surface area (Å²) in [6.07, 6.45) is 3.52. The van der Waals surface area contributed by atoms with Crippen LogP contribution in [0.15, 0.2) is 0 Å². The SMILES string of the molecule is CC1CCC(CNC(=O)NC(C)C(=O)O)C1. The minimum Gasteiger partial charge on any atom is -0.480 e. The predicted molar refractivity (Wildman–Crippen MR) is 60.1 cm³/mol. The van der Waals surface area contributed by atoms with Gasteiger partial charge in [-0.15, -0.1) is 0 Å². The van der Waals surface area contributed by atoms with Crippen LogP contribution in [0, 0.1) is 11.8 Å². The first kappa shape index (κ1) is 12.8. The van der Waals surface area contributed by atoms with E-state index in [1.807, 2.05) is 0 Å². The van der Waals surface area contributed by atoms with E-state index < -0.39 is 18.0 Å². The van der Waals surface area contributed by atoms with Crippen LogP contribution in [0.4, 0.5) is 4.79 Å². The van der Waals surface area contributed by atoms with E-state index in [1.54, 1.807) is 0 Å². The first-order valence-corrected chi connectivity index (χ1v) is 5.76. The standard InChI is InChI=1S/C11H20N2O3/c1-7-3-4-9(5-7)6-12-11(16)13-8(2)10(14)15/h7-9H,3-6H2,1-2H3,(H,14,15)(H2,12,13,16). The highest BCUT2D eigenvalue weighted by atomic mass is 16.4. The molecule has 1 aliphatic carbocycles. The molecule has 5 heteroatoms. The van der Waals surface area contributed by atoms with Crippen molar-refractivity contribution in [3.05, 3.63) is 0 Å². The fourth-order valence-electron chi connectivity index (χ4n) is 2.06. The van der Waals surface area contributed by atoms with E-state index in [9.17, 15) is 9.59 Å². The second-order valence-corrected chi connectivity index (χ2v) is 4.70. The van der Waals surface area contributed by atoms with Crippen molar-refractivity contribution in [3.63, 3.8) is 0 Å². The van der Waals surface area contributed by atoms with E-state index in [2.05, 4.69) is 17.6 Å². The minimum atomic E-state index is -1.02. The number of rotatable bonds is 4. The number of carboxylic acid groups (broad SMARTS) is 1. The van der Waals surface area contributed by atoms with E-state index in [1.165, 1.54) is 13.3 Å². The number of nitrogens with one attached hydrogen (secondary N) is 2. The van der Waals surface area contributed by atoms with Gasteiger partial charge >= 0.3 is 12.0 Å². The van der Waals surface area contributed by atoms with Gasteiger partial charge in [-0.3, -0.25) is 4.79 Å². The smallest absolute Gasteiger partial charge is 0.325 e. The average Bonchev–Trinajstić information content (AvgIpc) is 2.61. The molecule has 0 aromatic heterocycles. The number of aliphatic carboxylic acids is 1. The van der Waals surface area contributed by atoms with Crippen molar-refractivity contribution in [3.8, 4) is 0 Å². The molecule has 1 rings (SSSR count). The van der Waals surface area contributed by atoms with Crippen molar-refractivity contribution in [2.75, 3.05) is 6.54 Å². The molecule has 1 fully saturated rings. The average molecular weight is 228 g/mol. The van der Waals surface area contributed by atoms with Gasteiger partial charge < -0.3 is 15.7 Å². The normalized spacial score (nSPS) is 26.1. The monoisotopic (exact) mass is 228 g/mol. The Morgan fingerprint density at radius 3 is 2.62 bits per heavy atom. The highest BCUT2D eigenvalue weighted by molar-refractivity contribution is 5.82. The Morgan fingerprint density at radius 2 is 2.12 bits per heavy atom. The molecule has 3 N–H and O–H groups in total. The van der Waals surface area contributed by atoms with Gasteiger partial charge in [0.05, 0.1) is 0 Å². The van der Waals surface area contributed by atoms with E-state index >= 15 is 0 Å². The van der Waals surface area contributed by atoms with Gasteiger partial charge in [-0.1, -0.05) is 13.3 Å². The van der Waals surface area contributed by atoms with Crippen molar-refractivity contribution in [1.29, 1.82) is 0 Å². The third kappa shape index (κ3) is 4.08. The Kier molecular flexibility index (Phi) is 4.58. The van der Waals surface area contributed by atoms with Crippen LogP contribution in [0.2, 0.25) is 0 Å². The van der Waals surface area contributed by atoms with Crippen LogP contribution in [0.3, 0.4) is 0 Å². The predicted octanol–water partition coefficient (Wildman–Crippen LogP) is 1.19. The van der Waals surface area contributed by atoms with Gasteiger partial charge in [0.25, 0.3) is 0 Å². The summed E-state index contributed by atoms with van der Waals surface area (Å²) in [5.41, 5.74) is 0. The molecular weight excluding hydrogens is 208 g/mol. The van der Waals surface area contributed by atoms with Crippen LogP contribution in [0.5, 0.6) is 0 Å².